The highest BCUT2D eigenvalue weighted by atomic mass is 19.4. The van der Waals surface area contributed by atoms with Gasteiger partial charge in [-0.1, -0.05) is 11.6 Å². The van der Waals surface area contributed by atoms with Crippen LogP contribution in [0.15, 0.2) is 18.2 Å². The van der Waals surface area contributed by atoms with Crippen molar-refractivity contribution in [2.75, 3.05) is 13.1 Å². The third kappa shape index (κ3) is 8.19. The van der Waals surface area contributed by atoms with E-state index in [2.05, 4.69) is 10.6 Å². The molecule has 0 aliphatic rings. The molecule has 7 heteroatoms. The lowest BCUT2D eigenvalue weighted by atomic mass is 10.1. The summed E-state index contributed by atoms with van der Waals surface area (Å²) in [4.78, 5) is 11.4. The van der Waals surface area contributed by atoms with E-state index in [0.29, 0.717) is 37.2 Å². The van der Waals surface area contributed by atoms with Crippen LogP contribution in [0.25, 0.3) is 0 Å². The molecule has 0 spiro atoms. The Hall–Kier alpha value is -1.76. The summed E-state index contributed by atoms with van der Waals surface area (Å²) in [6.07, 6.45) is -4.16. The summed E-state index contributed by atoms with van der Waals surface area (Å²) in [5.41, 5.74) is -0.00880. The Labute approximate surface area is 140 Å². The van der Waals surface area contributed by atoms with Crippen molar-refractivity contribution in [2.24, 2.45) is 0 Å². The number of ether oxygens (including phenoxy) is 1. The lowest BCUT2D eigenvalue weighted by molar-refractivity contribution is -0.137. The monoisotopic (exact) mass is 346 g/mol. The molecule has 0 aliphatic heterocycles. The molecule has 4 nitrogen and oxygen atoms in total. The smallest absolute Gasteiger partial charge is 0.416 e. The summed E-state index contributed by atoms with van der Waals surface area (Å²) in [7, 11) is 0. The topological polar surface area (TPSA) is 50.4 Å². The second kappa shape index (κ2) is 8.37. The van der Waals surface area contributed by atoms with Crippen molar-refractivity contribution in [3.63, 3.8) is 0 Å². The van der Waals surface area contributed by atoms with Crippen LogP contribution in [-0.4, -0.2) is 24.8 Å². The number of aryl methyl sites for hydroxylation is 1. The van der Waals surface area contributed by atoms with Crippen LogP contribution < -0.4 is 10.6 Å². The number of carbonyl (C=O) groups is 1. The van der Waals surface area contributed by atoms with Crippen molar-refractivity contribution < 1.29 is 22.7 Å². The summed E-state index contributed by atoms with van der Waals surface area (Å²) >= 11 is 0. The minimum absolute atomic E-state index is 0.344. The van der Waals surface area contributed by atoms with Crippen molar-refractivity contribution in [3.05, 3.63) is 34.9 Å². The standard InChI is InChI=1S/C17H25F3N2O2/c1-12-8-13(10-14(9-12)17(18,19)20)11-21-6-5-7-22-15(23)24-16(2,3)4/h8-10,21H,5-7,11H2,1-4H3,(H,22,23). The first kappa shape index (κ1) is 20.3. The van der Waals surface area contributed by atoms with Crippen LogP contribution in [0.5, 0.6) is 0 Å². The Kier molecular flexibility index (Phi) is 7.08. The van der Waals surface area contributed by atoms with E-state index in [4.69, 9.17) is 4.74 Å². The number of nitrogens with one attached hydrogen (secondary N) is 2. The summed E-state index contributed by atoms with van der Waals surface area (Å²) in [6.45, 7) is 8.34. The van der Waals surface area contributed by atoms with Gasteiger partial charge >= 0.3 is 12.3 Å². The van der Waals surface area contributed by atoms with Crippen LogP contribution in [0.1, 0.15) is 43.9 Å². The molecular weight excluding hydrogens is 321 g/mol. The van der Waals surface area contributed by atoms with Crippen molar-refractivity contribution in [1.82, 2.24) is 10.6 Å². The van der Waals surface area contributed by atoms with Gasteiger partial charge < -0.3 is 15.4 Å². The highest BCUT2D eigenvalue weighted by Crippen LogP contribution is 2.30. The van der Waals surface area contributed by atoms with Gasteiger partial charge in [-0.25, -0.2) is 4.79 Å². The SMILES string of the molecule is Cc1cc(CNCCCNC(=O)OC(C)(C)C)cc(C(F)(F)F)c1. The Morgan fingerprint density at radius 1 is 1.12 bits per heavy atom. The molecule has 1 rings (SSSR count). The third-order valence-electron chi connectivity index (χ3n) is 2.99. The van der Waals surface area contributed by atoms with Gasteiger partial charge in [0.1, 0.15) is 5.60 Å². The lowest BCUT2D eigenvalue weighted by Crippen LogP contribution is -2.33. The van der Waals surface area contributed by atoms with Crippen molar-refractivity contribution in [3.8, 4) is 0 Å². The van der Waals surface area contributed by atoms with Crippen LogP contribution >= 0.6 is 0 Å². The predicted octanol–water partition coefficient (Wildman–Crippen LogP) is 4.02. The first-order chi connectivity index (χ1) is 11.0. The van der Waals surface area contributed by atoms with Crippen LogP contribution in [0, 0.1) is 6.92 Å². The van der Waals surface area contributed by atoms with Gasteiger partial charge in [0.25, 0.3) is 0 Å². The minimum Gasteiger partial charge on any atom is -0.444 e. The molecule has 0 radical (unpaired) electrons. The van der Waals surface area contributed by atoms with Crippen molar-refractivity contribution in [2.45, 2.75) is 52.4 Å². The highest BCUT2D eigenvalue weighted by Gasteiger charge is 2.30. The number of halogens is 3. The van der Waals surface area contributed by atoms with Gasteiger partial charge in [-0.15, -0.1) is 0 Å². The number of carbonyl (C=O) groups excluding carboxylic acids is 1. The van der Waals surface area contributed by atoms with E-state index in [-0.39, 0.29) is 0 Å². The van der Waals surface area contributed by atoms with Gasteiger partial charge in [-0.3, -0.25) is 0 Å². The molecule has 0 fully saturated rings. The number of rotatable bonds is 6. The molecule has 0 heterocycles. The largest absolute Gasteiger partial charge is 0.444 e. The second-order valence-electron chi connectivity index (χ2n) is 6.66. The zero-order valence-electron chi connectivity index (χ0n) is 14.5. The van der Waals surface area contributed by atoms with Gasteiger partial charge in [0, 0.05) is 13.1 Å². The van der Waals surface area contributed by atoms with E-state index in [9.17, 15) is 18.0 Å². The summed E-state index contributed by atoms with van der Waals surface area (Å²) in [5, 5.41) is 5.70. The van der Waals surface area contributed by atoms with Gasteiger partial charge in [0.2, 0.25) is 0 Å². The Bertz CT molecular complexity index is 552. The van der Waals surface area contributed by atoms with Gasteiger partial charge in [-0.2, -0.15) is 13.2 Å². The first-order valence-corrected chi connectivity index (χ1v) is 7.83. The van der Waals surface area contributed by atoms with E-state index in [0.717, 1.165) is 12.1 Å². The van der Waals surface area contributed by atoms with E-state index < -0.39 is 23.4 Å². The molecular formula is C17H25F3N2O2. The number of alkyl halides is 3. The van der Waals surface area contributed by atoms with E-state index in [1.165, 1.54) is 0 Å². The van der Waals surface area contributed by atoms with Gasteiger partial charge in [-0.05, 0) is 58.4 Å². The number of amides is 1. The van der Waals surface area contributed by atoms with Crippen molar-refractivity contribution >= 4 is 6.09 Å². The molecule has 2 N–H and O–H groups in total. The van der Waals surface area contributed by atoms with Crippen LogP contribution in [0.2, 0.25) is 0 Å². The molecule has 1 amide bonds. The fraction of sp³-hybridized carbons (Fsp3) is 0.588. The molecule has 0 bridgehead atoms. The molecule has 24 heavy (non-hydrogen) atoms. The summed E-state index contributed by atoms with van der Waals surface area (Å²) in [6, 6.07) is 4.01. The maximum atomic E-state index is 12.8. The Morgan fingerprint density at radius 2 is 1.79 bits per heavy atom. The number of hydrogen-bond acceptors (Lipinski definition) is 3. The maximum absolute atomic E-state index is 12.8. The second-order valence-corrected chi connectivity index (χ2v) is 6.66. The molecule has 1 aromatic rings. The molecule has 0 saturated carbocycles. The van der Waals surface area contributed by atoms with E-state index >= 15 is 0 Å². The third-order valence-corrected chi connectivity index (χ3v) is 2.99. The fourth-order valence-corrected chi connectivity index (χ4v) is 2.08. The average molecular weight is 346 g/mol. The molecule has 0 saturated heterocycles. The van der Waals surface area contributed by atoms with E-state index in [1.807, 2.05) is 0 Å². The normalized spacial score (nSPS) is 12.1. The van der Waals surface area contributed by atoms with Crippen LogP contribution in [0.4, 0.5) is 18.0 Å². The average Bonchev–Trinajstić information content (AvgIpc) is 2.39. The van der Waals surface area contributed by atoms with E-state index in [1.54, 1.807) is 33.8 Å². The quantitative estimate of drug-likeness (QED) is 0.765. The molecule has 0 atom stereocenters. The molecule has 136 valence electrons. The maximum Gasteiger partial charge on any atom is 0.416 e. The van der Waals surface area contributed by atoms with Crippen LogP contribution in [-0.2, 0) is 17.5 Å². The zero-order chi connectivity index (χ0) is 18.4. The van der Waals surface area contributed by atoms with Gasteiger partial charge in [0.15, 0.2) is 0 Å². The molecule has 0 aliphatic carbocycles. The zero-order valence-corrected chi connectivity index (χ0v) is 14.5. The fourth-order valence-electron chi connectivity index (χ4n) is 2.08. The Balaban J connectivity index is 2.31. The summed E-state index contributed by atoms with van der Waals surface area (Å²) in [5.74, 6) is 0. The number of alkyl carbamates (subject to hydrolysis) is 1. The lowest BCUT2D eigenvalue weighted by Gasteiger charge is -2.19. The summed E-state index contributed by atoms with van der Waals surface area (Å²) < 4.78 is 43.4. The molecule has 0 unspecified atom stereocenters. The predicted molar refractivity (Wildman–Crippen MR) is 86.7 cm³/mol. The van der Waals surface area contributed by atoms with Crippen LogP contribution in [0.3, 0.4) is 0 Å². The highest BCUT2D eigenvalue weighted by molar-refractivity contribution is 5.67. The first-order valence-electron chi connectivity index (χ1n) is 7.83. The number of benzene rings is 1. The number of hydrogen-bond donors (Lipinski definition) is 2. The van der Waals surface area contributed by atoms with Crippen molar-refractivity contribution in [1.29, 1.82) is 0 Å². The molecule has 1 aromatic carbocycles. The minimum atomic E-state index is -4.34. The van der Waals surface area contributed by atoms with Gasteiger partial charge in [0.05, 0.1) is 5.56 Å². The Morgan fingerprint density at radius 3 is 2.38 bits per heavy atom. The molecule has 0 aromatic heterocycles.